The molecule has 0 saturated heterocycles. The molecule has 0 heterocycles. The second-order valence-electron chi connectivity index (χ2n) is 4.52. The Hall–Kier alpha value is -1.76. The van der Waals surface area contributed by atoms with Crippen LogP contribution in [0.25, 0.3) is 0 Å². The van der Waals surface area contributed by atoms with Crippen molar-refractivity contribution in [2.45, 2.75) is 19.3 Å². The molecule has 2 rings (SSSR count). The van der Waals surface area contributed by atoms with Crippen LogP contribution in [-0.2, 0) is 5.41 Å². The van der Waals surface area contributed by atoms with Crippen LogP contribution in [0.1, 0.15) is 25.0 Å². The van der Waals surface area contributed by atoms with Crippen molar-refractivity contribution in [3.8, 4) is 5.75 Å². The maximum Gasteiger partial charge on any atom is 0.0146 e. The molecule has 0 aromatic heterocycles. The van der Waals surface area contributed by atoms with Crippen LogP contribution in [0.4, 0.5) is 0 Å². The Morgan fingerprint density at radius 3 is 1.81 bits per heavy atom. The zero-order valence-electron chi connectivity index (χ0n) is 9.60. The van der Waals surface area contributed by atoms with E-state index < -0.39 is 0 Å². The predicted octanol–water partition coefficient (Wildman–Crippen LogP) is 3.09. The summed E-state index contributed by atoms with van der Waals surface area (Å²) in [5.41, 5.74) is 2.36. The van der Waals surface area contributed by atoms with Crippen LogP contribution in [0.5, 0.6) is 5.75 Å². The Bertz CT molecular complexity index is 455. The molecule has 0 atom stereocenters. The highest BCUT2D eigenvalue weighted by Gasteiger charge is 2.21. The summed E-state index contributed by atoms with van der Waals surface area (Å²) in [6, 6.07) is 17.4. The van der Waals surface area contributed by atoms with E-state index in [4.69, 9.17) is 0 Å². The SMILES string of the molecule is CC(C)(c1ccccc1)c1ccc([O-])cc1. The van der Waals surface area contributed by atoms with Crippen LogP contribution in [0.15, 0.2) is 54.6 Å². The fourth-order valence-corrected chi connectivity index (χ4v) is 1.89. The maximum absolute atomic E-state index is 11.1. The van der Waals surface area contributed by atoms with Gasteiger partial charge in [0.05, 0.1) is 0 Å². The van der Waals surface area contributed by atoms with Gasteiger partial charge in [0.1, 0.15) is 0 Å². The molecule has 0 spiro atoms. The largest absolute Gasteiger partial charge is 0.872 e. The standard InChI is InChI=1S/C15H16O/c1-15(2,12-6-4-3-5-7-12)13-8-10-14(16)11-9-13/h3-11,16H,1-2H3/p-1. The molecule has 0 amide bonds. The average Bonchev–Trinajstić information content (AvgIpc) is 2.31. The van der Waals surface area contributed by atoms with Crippen LogP contribution in [-0.4, -0.2) is 0 Å². The summed E-state index contributed by atoms with van der Waals surface area (Å²) in [5.74, 6) is 0.0626. The fourth-order valence-electron chi connectivity index (χ4n) is 1.89. The highest BCUT2D eigenvalue weighted by Crippen LogP contribution is 2.31. The smallest absolute Gasteiger partial charge is 0.0146 e. The lowest BCUT2D eigenvalue weighted by molar-refractivity contribution is -0.268. The summed E-state index contributed by atoms with van der Waals surface area (Å²) < 4.78 is 0. The zero-order chi connectivity index (χ0) is 11.6. The summed E-state index contributed by atoms with van der Waals surface area (Å²) in [5, 5.41) is 11.1. The Morgan fingerprint density at radius 1 is 0.750 bits per heavy atom. The lowest BCUT2D eigenvalue weighted by atomic mass is 9.78. The van der Waals surface area contributed by atoms with Gasteiger partial charge in [0.15, 0.2) is 0 Å². The normalized spacial score (nSPS) is 11.4. The lowest BCUT2D eigenvalue weighted by Crippen LogP contribution is -2.18. The third-order valence-electron chi connectivity index (χ3n) is 3.07. The molecule has 0 bridgehead atoms. The monoisotopic (exact) mass is 211 g/mol. The van der Waals surface area contributed by atoms with Crippen molar-refractivity contribution in [3.63, 3.8) is 0 Å². The van der Waals surface area contributed by atoms with Gasteiger partial charge in [0.2, 0.25) is 0 Å². The lowest BCUT2D eigenvalue weighted by Gasteiger charge is -2.26. The van der Waals surface area contributed by atoms with Crippen molar-refractivity contribution in [2.24, 2.45) is 0 Å². The van der Waals surface area contributed by atoms with E-state index in [2.05, 4.69) is 26.0 Å². The Kier molecular flexibility index (Phi) is 2.69. The number of hydrogen-bond acceptors (Lipinski definition) is 1. The van der Waals surface area contributed by atoms with E-state index in [0.717, 1.165) is 0 Å². The summed E-state index contributed by atoms with van der Waals surface area (Å²) in [7, 11) is 0. The first kappa shape index (κ1) is 10.7. The van der Waals surface area contributed by atoms with Gasteiger partial charge in [0.25, 0.3) is 0 Å². The molecule has 2 aromatic carbocycles. The minimum Gasteiger partial charge on any atom is -0.872 e. The second-order valence-corrected chi connectivity index (χ2v) is 4.52. The van der Waals surface area contributed by atoms with Gasteiger partial charge in [-0.25, -0.2) is 0 Å². The average molecular weight is 211 g/mol. The van der Waals surface area contributed by atoms with Gasteiger partial charge in [-0.05, 0) is 11.1 Å². The Morgan fingerprint density at radius 2 is 1.25 bits per heavy atom. The van der Waals surface area contributed by atoms with Crippen LogP contribution in [0.2, 0.25) is 0 Å². The van der Waals surface area contributed by atoms with Crippen molar-refractivity contribution in [1.82, 2.24) is 0 Å². The quantitative estimate of drug-likeness (QED) is 0.748. The topological polar surface area (TPSA) is 23.1 Å². The second kappa shape index (κ2) is 4.01. The van der Waals surface area contributed by atoms with Gasteiger partial charge in [-0.2, -0.15) is 0 Å². The van der Waals surface area contributed by atoms with E-state index in [0.29, 0.717) is 0 Å². The molecule has 0 radical (unpaired) electrons. The van der Waals surface area contributed by atoms with E-state index in [-0.39, 0.29) is 11.2 Å². The molecule has 1 nitrogen and oxygen atoms in total. The van der Waals surface area contributed by atoms with Gasteiger partial charge in [0, 0.05) is 5.41 Å². The van der Waals surface area contributed by atoms with Gasteiger partial charge in [-0.15, -0.1) is 5.75 Å². The number of rotatable bonds is 2. The van der Waals surface area contributed by atoms with Gasteiger partial charge in [-0.1, -0.05) is 68.4 Å². The molecular formula is C15H15O-. The van der Waals surface area contributed by atoms with E-state index in [1.54, 1.807) is 12.1 Å². The van der Waals surface area contributed by atoms with E-state index in [1.807, 2.05) is 30.3 Å². The molecule has 0 aliphatic heterocycles. The fraction of sp³-hybridized carbons (Fsp3) is 0.200. The molecule has 0 aliphatic rings. The molecule has 0 saturated carbocycles. The molecule has 0 aliphatic carbocycles. The van der Waals surface area contributed by atoms with Crippen LogP contribution in [0.3, 0.4) is 0 Å². The number of hydrogen-bond donors (Lipinski definition) is 0. The van der Waals surface area contributed by atoms with Gasteiger partial charge in [-0.3, -0.25) is 0 Å². The first-order chi connectivity index (χ1) is 7.60. The van der Waals surface area contributed by atoms with Crippen molar-refractivity contribution >= 4 is 0 Å². The van der Waals surface area contributed by atoms with Crippen LogP contribution >= 0.6 is 0 Å². The Labute approximate surface area is 96.4 Å². The first-order valence-corrected chi connectivity index (χ1v) is 5.44. The minimum absolute atomic E-state index is 0.0606. The number of benzene rings is 2. The van der Waals surface area contributed by atoms with E-state index >= 15 is 0 Å². The molecule has 0 N–H and O–H groups in total. The van der Waals surface area contributed by atoms with Crippen LogP contribution < -0.4 is 5.11 Å². The summed E-state index contributed by atoms with van der Waals surface area (Å²) in [6.07, 6.45) is 0. The summed E-state index contributed by atoms with van der Waals surface area (Å²) in [6.45, 7) is 4.34. The van der Waals surface area contributed by atoms with E-state index in [1.165, 1.54) is 11.1 Å². The molecule has 0 fully saturated rings. The third-order valence-corrected chi connectivity index (χ3v) is 3.07. The molecule has 82 valence electrons. The molecular weight excluding hydrogens is 196 g/mol. The Balaban J connectivity index is 2.43. The first-order valence-electron chi connectivity index (χ1n) is 5.44. The maximum atomic E-state index is 11.1. The van der Waals surface area contributed by atoms with Gasteiger partial charge >= 0.3 is 0 Å². The third kappa shape index (κ3) is 1.94. The van der Waals surface area contributed by atoms with Gasteiger partial charge < -0.3 is 5.11 Å². The van der Waals surface area contributed by atoms with Crippen LogP contribution in [0, 0.1) is 0 Å². The molecule has 0 unspecified atom stereocenters. The molecule has 1 heteroatoms. The van der Waals surface area contributed by atoms with E-state index in [9.17, 15) is 5.11 Å². The highest BCUT2D eigenvalue weighted by atomic mass is 16.3. The molecule has 16 heavy (non-hydrogen) atoms. The van der Waals surface area contributed by atoms with Crippen molar-refractivity contribution in [2.75, 3.05) is 0 Å². The zero-order valence-corrected chi connectivity index (χ0v) is 9.60. The molecule has 2 aromatic rings. The minimum atomic E-state index is -0.0606. The van der Waals surface area contributed by atoms with Crippen molar-refractivity contribution in [3.05, 3.63) is 65.7 Å². The predicted molar refractivity (Wildman–Crippen MR) is 64.5 cm³/mol. The highest BCUT2D eigenvalue weighted by molar-refractivity contribution is 5.39. The summed E-state index contributed by atoms with van der Waals surface area (Å²) in [4.78, 5) is 0. The van der Waals surface area contributed by atoms with Crippen molar-refractivity contribution in [1.29, 1.82) is 0 Å². The van der Waals surface area contributed by atoms with Crippen molar-refractivity contribution < 1.29 is 5.11 Å². The summed E-state index contributed by atoms with van der Waals surface area (Å²) >= 11 is 0.